The van der Waals surface area contributed by atoms with Crippen molar-refractivity contribution < 1.29 is 32.5 Å². The molecule has 0 saturated carbocycles. The van der Waals surface area contributed by atoms with Crippen molar-refractivity contribution in [1.82, 2.24) is 4.90 Å². The van der Waals surface area contributed by atoms with Crippen LogP contribution < -0.4 is 10.1 Å². The fourth-order valence-corrected chi connectivity index (χ4v) is 1.85. The maximum atomic E-state index is 12.9. The first-order valence-electron chi connectivity index (χ1n) is 6.74. The average molecular weight is 336 g/mol. The van der Waals surface area contributed by atoms with Gasteiger partial charge in [0.1, 0.15) is 5.75 Å². The van der Waals surface area contributed by atoms with E-state index >= 15 is 0 Å². The Kier molecular flexibility index (Phi) is 7.11. The highest BCUT2D eigenvalue weighted by Gasteiger charge is 2.34. The fourth-order valence-electron chi connectivity index (χ4n) is 1.85. The molecule has 130 valence electrons. The number of anilines is 1. The van der Waals surface area contributed by atoms with Crippen molar-refractivity contribution in [3.8, 4) is 5.75 Å². The number of methoxy groups -OCH3 is 2. The number of hydrogen-bond donors (Lipinski definition) is 2. The van der Waals surface area contributed by atoms with Gasteiger partial charge in [0.25, 0.3) is 0 Å². The van der Waals surface area contributed by atoms with E-state index in [9.17, 15) is 18.0 Å². The van der Waals surface area contributed by atoms with Crippen LogP contribution in [0.1, 0.15) is 5.56 Å². The number of benzene rings is 1. The summed E-state index contributed by atoms with van der Waals surface area (Å²) >= 11 is 0. The van der Waals surface area contributed by atoms with Crippen molar-refractivity contribution >= 4 is 11.7 Å². The molecule has 9 heteroatoms. The van der Waals surface area contributed by atoms with E-state index in [-0.39, 0.29) is 37.7 Å². The molecule has 1 aromatic rings. The number of rotatable bonds is 7. The maximum Gasteiger partial charge on any atom is 0.420 e. The molecule has 6 nitrogen and oxygen atoms in total. The molecule has 0 saturated heterocycles. The normalized spacial score (nSPS) is 11.2. The maximum absolute atomic E-state index is 12.9. The molecule has 2 amide bonds. The Morgan fingerprint density at radius 1 is 1.30 bits per heavy atom. The van der Waals surface area contributed by atoms with Crippen molar-refractivity contribution in [3.63, 3.8) is 0 Å². The van der Waals surface area contributed by atoms with Crippen LogP contribution in [0.25, 0.3) is 0 Å². The smallest absolute Gasteiger partial charge is 0.420 e. The highest BCUT2D eigenvalue weighted by atomic mass is 19.4. The highest BCUT2D eigenvalue weighted by Crippen LogP contribution is 2.37. The monoisotopic (exact) mass is 336 g/mol. The Balaban J connectivity index is 2.92. The van der Waals surface area contributed by atoms with Gasteiger partial charge < -0.3 is 24.8 Å². The molecule has 0 aliphatic rings. The third-order valence-electron chi connectivity index (χ3n) is 2.98. The van der Waals surface area contributed by atoms with Crippen LogP contribution in [0.15, 0.2) is 18.2 Å². The lowest BCUT2D eigenvalue weighted by Crippen LogP contribution is -2.39. The minimum Gasteiger partial charge on any atom is -0.496 e. The summed E-state index contributed by atoms with van der Waals surface area (Å²) in [6.45, 7) is 0.208. The molecule has 0 spiro atoms. The van der Waals surface area contributed by atoms with Gasteiger partial charge in [-0.1, -0.05) is 0 Å². The molecule has 0 atom stereocenters. The van der Waals surface area contributed by atoms with E-state index in [2.05, 4.69) is 10.1 Å². The van der Waals surface area contributed by atoms with Gasteiger partial charge in [0, 0.05) is 25.9 Å². The first-order valence-corrected chi connectivity index (χ1v) is 6.74. The largest absolute Gasteiger partial charge is 0.496 e. The van der Waals surface area contributed by atoms with Gasteiger partial charge in [-0.3, -0.25) is 0 Å². The van der Waals surface area contributed by atoms with E-state index < -0.39 is 17.8 Å². The predicted octanol–water partition coefficient (Wildman–Crippen LogP) is 2.19. The summed E-state index contributed by atoms with van der Waals surface area (Å²) in [5, 5.41) is 11.3. The van der Waals surface area contributed by atoms with Crippen molar-refractivity contribution in [2.45, 2.75) is 6.18 Å². The van der Waals surface area contributed by atoms with Gasteiger partial charge in [-0.15, -0.1) is 0 Å². The number of hydrogen-bond acceptors (Lipinski definition) is 4. The first kappa shape index (κ1) is 19.0. The molecular weight excluding hydrogens is 317 g/mol. The number of halogens is 3. The summed E-state index contributed by atoms with van der Waals surface area (Å²) in [6.07, 6.45) is -4.60. The van der Waals surface area contributed by atoms with Crippen molar-refractivity contribution in [2.75, 3.05) is 45.8 Å². The molecule has 0 bridgehead atoms. The molecule has 0 heterocycles. The summed E-state index contributed by atoms with van der Waals surface area (Å²) < 4.78 is 48.4. The van der Waals surface area contributed by atoms with Gasteiger partial charge in [0.2, 0.25) is 0 Å². The number of nitrogens with zero attached hydrogens (tertiary/aromatic N) is 1. The standard InChI is InChI=1S/C14H19F3N2O4/c1-22-8-6-19(5-7-20)13(21)18-10-3-4-12(23-2)11(9-10)14(15,16)17/h3-4,9,20H,5-8H2,1-2H3,(H,18,21). The Bertz CT molecular complexity index is 523. The summed E-state index contributed by atoms with van der Waals surface area (Å²) in [5.74, 6) is -0.331. The third-order valence-corrected chi connectivity index (χ3v) is 2.98. The molecular formula is C14H19F3N2O4. The van der Waals surface area contributed by atoms with Crippen LogP contribution in [0.3, 0.4) is 0 Å². The quantitative estimate of drug-likeness (QED) is 0.801. The van der Waals surface area contributed by atoms with Gasteiger partial charge in [-0.2, -0.15) is 13.2 Å². The van der Waals surface area contributed by atoms with E-state index in [0.717, 1.165) is 19.2 Å². The van der Waals surface area contributed by atoms with Crippen LogP contribution in [-0.4, -0.2) is 56.6 Å². The minimum atomic E-state index is -4.60. The molecule has 0 aliphatic carbocycles. The average Bonchev–Trinajstić information content (AvgIpc) is 2.50. The van der Waals surface area contributed by atoms with Crippen LogP contribution >= 0.6 is 0 Å². The zero-order chi connectivity index (χ0) is 17.5. The van der Waals surface area contributed by atoms with E-state index in [1.807, 2.05) is 0 Å². The minimum absolute atomic E-state index is 0.0246. The lowest BCUT2D eigenvalue weighted by atomic mass is 10.1. The third kappa shape index (κ3) is 5.61. The molecule has 0 aliphatic heterocycles. The van der Waals surface area contributed by atoms with Gasteiger partial charge in [0.05, 0.1) is 25.9 Å². The summed E-state index contributed by atoms with van der Waals surface area (Å²) in [6, 6.07) is 2.60. The lowest BCUT2D eigenvalue weighted by Gasteiger charge is -2.22. The van der Waals surface area contributed by atoms with Gasteiger partial charge >= 0.3 is 12.2 Å². The molecule has 0 unspecified atom stereocenters. The van der Waals surface area contributed by atoms with Gasteiger partial charge in [0.15, 0.2) is 0 Å². The second kappa shape index (κ2) is 8.59. The second-order valence-electron chi connectivity index (χ2n) is 4.55. The Morgan fingerprint density at radius 2 is 2.00 bits per heavy atom. The van der Waals surface area contributed by atoms with Crippen molar-refractivity contribution in [2.24, 2.45) is 0 Å². The van der Waals surface area contributed by atoms with Crippen LogP contribution in [0.4, 0.5) is 23.7 Å². The molecule has 1 aromatic carbocycles. The topological polar surface area (TPSA) is 71.0 Å². The zero-order valence-electron chi connectivity index (χ0n) is 12.8. The van der Waals surface area contributed by atoms with Gasteiger partial charge in [-0.25, -0.2) is 4.79 Å². The molecule has 2 N–H and O–H groups in total. The van der Waals surface area contributed by atoms with Crippen LogP contribution in [0, 0.1) is 0 Å². The fraction of sp³-hybridized carbons (Fsp3) is 0.500. The van der Waals surface area contributed by atoms with Crippen LogP contribution in [0.5, 0.6) is 5.75 Å². The number of carbonyl (C=O) groups is 1. The molecule has 1 rings (SSSR count). The first-order chi connectivity index (χ1) is 10.8. The summed E-state index contributed by atoms with van der Waals surface area (Å²) in [5.41, 5.74) is -1.01. The number of nitrogens with one attached hydrogen (secondary N) is 1. The molecule has 0 fully saturated rings. The summed E-state index contributed by atoms with van der Waals surface area (Å²) in [4.78, 5) is 13.3. The van der Waals surface area contributed by atoms with Gasteiger partial charge in [-0.05, 0) is 18.2 Å². The van der Waals surface area contributed by atoms with E-state index in [4.69, 9.17) is 9.84 Å². The van der Waals surface area contributed by atoms with Crippen molar-refractivity contribution in [3.05, 3.63) is 23.8 Å². The van der Waals surface area contributed by atoms with Crippen LogP contribution in [0.2, 0.25) is 0 Å². The van der Waals surface area contributed by atoms with E-state index in [1.54, 1.807) is 0 Å². The predicted molar refractivity (Wildman–Crippen MR) is 77.5 cm³/mol. The SMILES string of the molecule is COCCN(CCO)C(=O)Nc1ccc(OC)c(C(F)(F)F)c1. The van der Waals surface area contributed by atoms with E-state index in [1.165, 1.54) is 18.1 Å². The van der Waals surface area contributed by atoms with Crippen LogP contribution in [-0.2, 0) is 10.9 Å². The number of aliphatic hydroxyl groups is 1. The highest BCUT2D eigenvalue weighted by molar-refractivity contribution is 5.89. The Labute approximate surface area is 131 Å². The number of urea groups is 1. The number of ether oxygens (including phenoxy) is 2. The second-order valence-corrected chi connectivity index (χ2v) is 4.55. The number of aliphatic hydroxyl groups excluding tert-OH is 1. The molecule has 0 radical (unpaired) electrons. The molecule has 23 heavy (non-hydrogen) atoms. The Hall–Kier alpha value is -2.00. The lowest BCUT2D eigenvalue weighted by molar-refractivity contribution is -0.138. The number of amides is 2. The molecule has 0 aromatic heterocycles. The summed E-state index contributed by atoms with van der Waals surface area (Å²) in [7, 11) is 2.59. The van der Waals surface area contributed by atoms with E-state index in [0.29, 0.717) is 0 Å². The zero-order valence-corrected chi connectivity index (χ0v) is 12.8. The Morgan fingerprint density at radius 3 is 2.52 bits per heavy atom. The number of carbonyl (C=O) groups excluding carboxylic acids is 1. The van der Waals surface area contributed by atoms with Crippen molar-refractivity contribution in [1.29, 1.82) is 0 Å². The number of alkyl halides is 3.